The van der Waals surface area contributed by atoms with Gasteiger partial charge in [-0.3, -0.25) is 14.8 Å². The van der Waals surface area contributed by atoms with E-state index in [0.29, 0.717) is 18.3 Å². The average molecular weight is 460 g/mol. The normalized spacial score (nSPS) is 23.5. The Morgan fingerprint density at radius 1 is 1.16 bits per heavy atom. The third kappa shape index (κ3) is 5.53. The molecule has 0 aliphatic carbocycles. The number of hydrogen-bond acceptors (Lipinski definition) is 5. The van der Waals surface area contributed by atoms with Gasteiger partial charge in [0.05, 0.1) is 11.2 Å². The van der Waals surface area contributed by atoms with Gasteiger partial charge in [0.1, 0.15) is 5.52 Å². The van der Waals surface area contributed by atoms with Gasteiger partial charge in [0.15, 0.2) is 0 Å². The molecule has 3 heterocycles. The van der Waals surface area contributed by atoms with E-state index in [4.69, 9.17) is 0 Å². The Hall–Kier alpha value is -1.35. The molecule has 2 aromatic rings. The Morgan fingerprint density at radius 2 is 1.87 bits per heavy atom. The number of benzene rings is 1. The summed E-state index contributed by atoms with van der Waals surface area (Å²) in [4.78, 5) is 26.8. The van der Waals surface area contributed by atoms with Crippen molar-refractivity contribution in [3.63, 3.8) is 0 Å². The van der Waals surface area contributed by atoms with Crippen molar-refractivity contribution in [3.8, 4) is 0 Å². The maximum absolute atomic E-state index is 12.8. The number of nitrogens with one attached hydrogen (secondary N) is 1. The van der Waals surface area contributed by atoms with E-state index in [1.807, 2.05) is 0 Å². The van der Waals surface area contributed by atoms with Crippen LogP contribution in [-0.4, -0.2) is 60.0 Å². The standard InChI is InChI=1S/C23H35N5OP2/c1-15-11-17(26-20(29)12-16-5-9-27(2)10-6-16)14-28(13-15)19-4-3-18(23(30)31)21-22(19)25-8-7-24-21/h3-4,7-8,15-17,23H,5-6,9-14,30-31H2,1-2H3,(H,26,29)/t15-,17+/m0/s1. The molecule has 168 valence electrons. The van der Waals surface area contributed by atoms with Gasteiger partial charge in [-0.15, -0.1) is 18.5 Å². The topological polar surface area (TPSA) is 61.4 Å². The number of aromatic nitrogens is 2. The first-order chi connectivity index (χ1) is 14.9. The fourth-order valence-corrected chi connectivity index (χ4v) is 5.59. The molecular formula is C23H35N5OP2. The number of nitrogens with zero attached hydrogens (tertiary/aromatic N) is 4. The highest BCUT2D eigenvalue weighted by molar-refractivity contribution is 7.37. The molecular weight excluding hydrogens is 424 g/mol. The minimum absolute atomic E-state index is 0.171. The van der Waals surface area contributed by atoms with Crippen molar-refractivity contribution in [2.24, 2.45) is 11.8 Å². The lowest BCUT2D eigenvalue weighted by Crippen LogP contribution is -2.51. The van der Waals surface area contributed by atoms with Crippen molar-refractivity contribution in [2.45, 2.75) is 44.0 Å². The number of likely N-dealkylation sites (tertiary alicyclic amines) is 1. The van der Waals surface area contributed by atoms with Crippen molar-refractivity contribution in [1.29, 1.82) is 0 Å². The average Bonchev–Trinajstić information content (AvgIpc) is 2.74. The maximum Gasteiger partial charge on any atom is 0.220 e. The molecule has 2 aliphatic heterocycles. The zero-order valence-corrected chi connectivity index (χ0v) is 20.9. The molecule has 1 aromatic carbocycles. The van der Waals surface area contributed by atoms with Crippen LogP contribution >= 0.6 is 18.5 Å². The number of anilines is 1. The zero-order chi connectivity index (χ0) is 22.0. The summed E-state index contributed by atoms with van der Waals surface area (Å²) >= 11 is 0. The Morgan fingerprint density at radius 3 is 2.58 bits per heavy atom. The molecule has 1 amide bonds. The lowest BCUT2D eigenvalue weighted by Gasteiger charge is -2.39. The largest absolute Gasteiger partial charge is 0.367 e. The zero-order valence-electron chi connectivity index (χ0n) is 18.6. The van der Waals surface area contributed by atoms with E-state index in [9.17, 15) is 4.79 Å². The lowest BCUT2D eigenvalue weighted by atomic mass is 9.92. The SMILES string of the molecule is C[C@H]1C[C@@H](NC(=O)CC2CCN(C)CC2)CN(c2ccc(C(P)P)c3nccnc23)C1. The monoisotopic (exact) mass is 459 g/mol. The fourth-order valence-electron chi connectivity index (χ4n) is 5.06. The molecule has 8 heteroatoms. The second kappa shape index (κ2) is 10.1. The highest BCUT2D eigenvalue weighted by Crippen LogP contribution is 2.37. The van der Waals surface area contributed by atoms with Gasteiger partial charge >= 0.3 is 0 Å². The molecule has 2 aliphatic rings. The maximum atomic E-state index is 12.8. The van der Waals surface area contributed by atoms with Gasteiger partial charge in [-0.05, 0) is 62.9 Å². The molecule has 1 aromatic heterocycles. The Bertz CT molecular complexity index is 916. The highest BCUT2D eigenvalue weighted by Gasteiger charge is 2.29. The van der Waals surface area contributed by atoms with E-state index in [1.54, 1.807) is 12.4 Å². The number of hydrogen-bond donors (Lipinski definition) is 1. The van der Waals surface area contributed by atoms with E-state index in [2.05, 4.69) is 69.7 Å². The second-order valence-corrected chi connectivity index (χ2v) is 11.6. The Balaban J connectivity index is 1.47. The van der Waals surface area contributed by atoms with Crippen LogP contribution < -0.4 is 10.2 Å². The van der Waals surface area contributed by atoms with Gasteiger partial charge < -0.3 is 15.1 Å². The molecule has 0 bridgehead atoms. The van der Waals surface area contributed by atoms with Crippen molar-refractivity contribution in [3.05, 3.63) is 30.1 Å². The summed E-state index contributed by atoms with van der Waals surface area (Å²) in [5, 5.41) is 3.58. The number of rotatable bonds is 5. The van der Waals surface area contributed by atoms with Crippen LogP contribution in [-0.2, 0) is 4.79 Å². The summed E-state index contributed by atoms with van der Waals surface area (Å²) in [5.41, 5.74) is 4.18. The third-order valence-corrected chi connectivity index (χ3v) is 7.39. The smallest absolute Gasteiger partial charge is 0.220 e. The molecule has 0 radical (unpaired) electrons. The molecule has 6 nitrogen and oxygen atoms in total. The fraction of sp³-hybridized carbons (Fsp3) is 0.609. The van der Waals surface area contributed by atoms with E-state index < -0.39 is 0 Å². The molecule has 31 heavy (non-hydrogen) atoms. The van der Waals surface area contributed by atoms with E-state index >= 15 is 0 Å². The van der Waals surface area contributed by atoms with Crippen LogP contribution in [0, 0.1) is 11.8 Å². The minimum atomic E-state index is 0.171. The number of fused-ring (bicyclic) bond motifs is 1. The van der Waals surface area contributed by atoms with E-state index in [0.717, 1.165) is 67.7 Å². The summed E-state index contributed by atoms with van der Waals surface area (Å²) in [6.45, 7) is 6.26. The molecule has 2 unspecified atom stereocenters. The highest BCUT2D eigenvalue weighted by atomic mass is 31.1. The number of piperidine rings is 2. The van der Waals surface area contributed by atoms with Crippen LogP contribution in [0.3, 0.4) is 0 Å². The Labute approximate surface area is 190 Å². The first-order valence-corrected chi connectivity index (χ1v) is 12.7. The number of carbonyl (C=O) groups is 1. The summed E-state index contributed by atoms with van der Waals surface area (Å²) in [7, 11) is 7.80. The van der Waals surface area contributed by atoms with Crippen LogP contribution in [0.25, 0.3) is 11.0 Å². The lowest BCUT2D eigenvalue weighted by molar-refractivity contribution is -0.123. The van der Waals surface area contributed by atoms with Gasteiger partial charge in [-0.2, -0.15) is 0 Å². The number of amides is 1. The molecule has 2 saturated heterocycles. The van der Waals surface area contributed by atoms with Gasteiger partial charge in [-0.1, -0.05) is 13.0 Å². The summed E-state index contributed by atoms with van der Waals surface area (Å²) in [6, 6.07) is 4.50. The van der Waals surface area contributed by atoms with Crippen LogP contribution in [0.1, 0.15) is 43.6 Å². The van der Waals surface area contributed by atoms with Crippen molar-refractivity contribution in [2.75, 3.05) is 38.1 Å². The van der Waals surface area contributed by atoms with Crippen molar-refractivity contribution >= 4 is 41.1 Å². The van der Waals surface area contributed by atoms with Crippen LogP contribution in [0.15, 0.2) is 24.5 Å². The molecule has 1 N–H and O–H groups in total. The first-order valence-electron chi connectivity index (χ1n) is 11.4. The molecule has 4 rings (SSSR count). The van der Waals surface area contributed by atoms with Crippen molar-refractivity contribution in [1.82, 2.24) is 20.2 Å². The molecule has 0 spiro atoms. The van der Waals surface area contributed by atoms with E-state index in [-0.39, 0.29) is 17.3 Å². The summed E-state index contributed by atoms with van der Waals surface area (Å²) in [5.74, 6) is 1.24. The van der Waals surface area contributed by atoms with Gasteiger partial charge in [0, 0.05) is 43.3 Å². The predicted molar refractivity (Wildman–Crippen MR) is 134 cm³/mol. The third-order valence-electron chi connectivity index (χ3n) is 6.67. The molecule has 4 atom stereocenters. The quantitative estimate of drug-likeness (QED) is 0.695. The summed E-state index contributed by atoms with van der Waals surface area (Å²) in [6.07, 6.45) is 7.46. The minimum Gasteiger partial charge on any atom is -0.367 e. The van der Waals surface area contributed by atoms with Crippen LogP contribution in [0.4, 0.5) is 5.69 Å². The van der Waals surface area contributed by atoms with Crippen LogP contribution in [0.2, 0.25) is 0 Å². The Kier molecular flexibility index (Phi) is 7.41. The summed E-state index contributed by atoms with van der Waals surface area (Å²) < 4.78 is 0. The predicted octanol–water partition coefficient (Wildman–Crippen LogP) is 3.44. The molecule has 0 saturated carbocycles. The van der Waals surface area contributed by atoms with Crippen molar-refractivity contribution < 1.29 is 4.79 Å². The second-order valence-electron chi connectivity index (χ2n) is 9.41. The van der Waals surface area contributed by atoms with E-state index in [1.165, 1.54) is 0 Å². The van der Waals surface area contributed by atoms with Crippen LogP contribution in [0.5, 0.6) is 0 Å². The molecule has 2 fully saturated rings. The van der Waals surface area contributed by atoms with Gasteiger partial charge in [0.25, 0.3) is 0 Å². The van der Waals surface area contributed by atoms with Gasteiger partial charge in [-0.25, -0.2) is 0 Å². The van der Waals surface area contributed by atoms with Gasteiger partial charge in [0.2, 0.25) is 5.91 Å². The number of carbonyl (C=O) groups excluding carboxylic acids is 1. The first kappa shape index (κ1) is 22.8.